The van der Waals surface area contributed by atoms with E-state index in [0.717, 1.165) is 24.0 Å². The Kier molecular flexibility index (Phi) is 7.15. The number of nitrogens with two attached hydrogens (primary N) is 1. The lowest BCUT2D eigenvalue weighted by molar-refractivity contribution is 0.136. The molecule has 1 rings (SSSR count). The van der Waals surface area contributed by atoms with Crippen molar-refractivity contribution in [1.82, 2.24) is 4.72 Å². The summed E-state index contributed by atoms with van der Waals surface area (Å²) in [6.07, 6.45) is 2.06. The predicted molar refractivity (Wildman–Crippen MR) is 80.0 cm³/mol. The molecule has 6 heteroatoms. The van der Waals surface area contributed by atoms with Crippen molar-refractivity contribution in [2.24, 2.45) is 5.73 Å². The van der Waals surface area contributed by atoms with Gasteiger partial charge >= 0.3 is 0 Å². The third kappa shape index (κ3) is 5.20. The van der Waals surface area contributed by atoms with Gasteiger partial charge < -0.3 is 10.5 Å². The molecule has 1 aromatic rings. The second-order valence-corrected chi connectivity index (χ2v) is 6.42. The van der Waals surface area contributed by atoms with E-state index in [1.165, 1.54) is 0 Å². The Bertz CT molecular complexity index is 515. The van der Waals surface area contributed by atoms with E-state index in [-0.39, 0.29) is 11.4 Å². The van der Waals surface area contributed by atoms with Crippen LogP contribution in [0.4, 0.5) is 0 Å². The van der Waals surface area contributed by atoms with Gasteiger partial charge in [-0.05, 0) is 36.6 Å². The highest BCUT2D eigenvalue weighted by Gasteiger charge is 2.14. The summed E-state index contributed by atoms with van der Waals surface area (Å²) in [6.45, 7) is 5.65. The van der Waals surface area contributed by atoms with E-state index in [1.807, 2.05) is 6.92 Å². The monoisotopic (exact) mass is 300 g/mol. The highest BCUT2D eigenvalue weighted by Crippen LogP contribution is 2.14. The Morgan fingerprint density at radius 1 is 1.30 bits per heavy atom. The zero-order valence-corrected chi connectivity index (χ0v) is 13.0. The first-order chi connectivity index (χ1) is 9.51. The summed E-state index contributed by atoms with van der Waals surface area (Å²) >= 11 is 0. The Hall–Kier alpha value is -0.950. The molecule has 0 saturated carbocycles. The van der Waals surface area contributed by atoms with Crippen LogP contribution in [-0.4, -0.2) is 28.2 Å². The van der Waals surface area contributed by atoms with Crippen LogP contribution in [0.2, 0.25) is 0 Å². The lowest BCUT2D eigenvalue weighted by Gasteiger charge is -2.10. The van der Waals surface area contributed by atoms with Crippen LogP contribution in [0.15, 0.2) is 23.1 Å². The molecule has 20 heavy (non-hydrogen) atoms. The summed E-state index contributed by atoms with van der Waals surface area (Å²) in [7, 11) is -3.49. The highest BCUT2D eigenvalue weighted by atomic mass is 32.2. The third-order valence-corrected chi connectivity index (χ3v) is 4.49. The molecule has 0 atom stereocenters. The van der Waals surface area contributed by atoms with Gasteiger partial charge in [0.2, 0.25) is 10.0 Å². The van der Waals surface area contributed by atoms with E-state index >= 15 is 0 Å². The number of ether oxygens (including phenoxy) is 1. The van der Waals surface area contributed by atoms with Crippen LogP contribution in [0.3, 0.4) is 0 Å². The summed E-state index contributed by atoms with van der Waals surface area (Å²) < 4.78 is 32.0. The molecule has 0 radical (unpaired) electrons. The maximum absolute atomic E-state index is 12.1. The van der Waals surface area contributed by atoms with Crippen LogP contribution in [0, 0.1) is 6.92 Å². The first-order valence-electron chi connectivity index (χ1n) is 6.88. The first-order valence-corrected chi connectivity index (χ1v) is 8.36. The van der Waals surface area contributed by atoms with E-state index in [2.05, 4.69) is 11.6 Å². The number of unbranched alkanes of at least 4 members (excludes halogenated alkanes) is 1. The molecule has 0 amide bonds. The van der Waals surface area contributed by atoms with E-state index in [4.69, 9.17) is 10.5 Å². The SMILES string of the molecule is CCCCOCCNS(=O)(=O)c1ccc(C)c(CN)c1. The fraction of sp³-hybridized carbons (Fsp3) is 0.571. The first kappa shape index (κ1) is 17.1. The van der Waals surface area contributed by atoms with Crippen molar-refractivity contribution in [3.63, 3.8) is 0 Å². The van der Waals surface area contributed by atoms with Crippen LogP contribution < -0.4 is 10.5 Å². The lowest BCUT2D eigenvalue weighted by atomic mass is 10.1. The fourth-order valence-corrected chi connectivity index (χ4v) is 2.78. The second-order valence-electron chi connectivity index (χ2n) is 4.66. The average Bonchev–Trinajstić information content (AvgIpc) is 2.43. The number of sulfonamides is 1. The Morgan fingerprint density at radius 3 is 2.70 bits per heavy atom. The molecular weight excluding hydrogens is 276 g/mol. The summed E-state index contributed by atoms with van der Waals surface area (Å²) in [6, 6.07) is 4.98. The van der Waals surface area contributed by atoms with Crippen molar-refractivity contribution in [3.05, 3.63) is 29.3 Å². The van der Waals surface area contributed by atoms with Crippen LogP contribution >= 0.6 is 0 Å². The summed E-state index contributed by atoms with van der Waals surface area (Å²) in [5, 5.41) is 0. The van der Waals surface area contributed by atoms with Crippen LogP contribution in [0.25, 0.3) is 0 Å². The number of hydrogen-bond donors (Lipinski definition) is 2. The minimum absolute atomic E-state index is 0.247. The van der Waals surface area contributed by atoms with Crippen LogP contribution in [0.1, 0.15) is 30.9 Å². The predicted octanol–water partition coefficient (Wildman–Crippen LogP) is 1.55. The Labute approximate surface area is 121 Å². The molecule has 3 N–H and O–H groups in total. The third-order valence-electron chi connectivity index (χ3n) is 3.03. The van der Waals surface area contributed by atoms with E-state index in [9.17, 15) is 8.42 Å². The molecule has 0 aliphatic carbocycles. The number of aryl methyl sites for hydroxylation is 1. The van der Waals surface area contributed by atoms with Crippen molar-refractivity contribution >= 4 is 10.0 Å². The van der Waals surface area contributed by atoms with Gasteiger partial charge in [-0.3, -0.25) is 0 Å². The molecule has 1 aromatic carbocycles. The Balaban J connectivity index is 2.56. The number of benzene rings is 1. The normalized spacial score (nSPS) is 11.8. The molecule has 0 unspecified atom stereocenters. The highest BCUT2D eigenvalue weighted by molar-refractivity contribution is 7.89. The molecule has 0 fully saturated rings. The minimum Gasteiger partial charge on any atom is -0.380 e. The average molecular weight is 300 g/mol. The van der Waals surface area contributed by atoms with Gasteiger partial charge in [0.25, 0.3) is 0 Å². The van der Waals surface area contributed by atoms with Crippen molar-refractivity contribution in [2.45, 2.75) is 38.1 Å². The van der Waals surface area contributed by atoms with Gasteiger partial charge in [-0.1, -0.05) is 19.4 Å². The maximum atomic E-state index is 12.1. The van der Waals surface area contributed by atoms with Crippen LogP contribution in [-0.2, 0) is 21.3 Å². The summed E-state index contributed by atoms with van der Waals surface area (Å²) in [5.74, 6) is 0. The molecule has 0 aliphatic heterocycles. The molecular formula is C14H24N2O3S. The largest absolute Gasteiger partial charge is 0.380 e. The zero-order chi connectivity index (χ0) is 15.0. The molecule has 0 aliphatic rings. The molecule has 114 valence electrons. The van der Waals surface area contributed by atoms with Gasteiger partial charge in [0.15, 0.2) is 0 Å². The molecule has 0 aromatic heterocycles. The number of rotatable bonds is 9. The minimum atomic E-state index is -3.49. The van der Waals surface area contributed by atoms with Crippen LogP contribution in [0.5, 0.6) is 0 Å². The van der Waals surface area contributed by atoms with Crippen molar-refractivity contribution in [2.75, 3.05) is 19.8 Å². The van der Waals surface area contributed by atoms with E-state index in [0.29, 0.717) is 19.8 Å². The fourth-order valence-electron chi connectivity index (χ4n) is 1.71. The van der Waals surface area contributed by atoms with Gasteiger partial charge in [0.1, 0.15) is 0 Å². The standard InChI is InChI=1S/C14H24N2O3S/c1-3-4-8-19-9-7-16-20(17,18)14-6-5-12(2)13(10-14)11-15/h5-6,10,16H,3-4,7-9,11,15H2,1-2H3. The van der Waals surface area contributed by atoms with Crippen molar-refractivity contribution in [1.29, 1.82) is 0 Å². The van der Waals surface area contributed by atoms with E-state index in [1.54, 1.807) is 18.2 Å². The van der Waals surface area contributed by atoms with Gasteiger partial charge in [-0.15, -0.1) is 0 Å². The van der Waals surface area contributed by atoms with E-state index < -0.39 is 10.0 Å². The molecule has 0 spiro atoms. The summed E-state index contributed by atoms with van der Waals surface area (Å²) in [5.41, 5.74) is 7.43. The van der Waals surface area contributed by atoms with Crippen molar-refractivity contribution < 1.29 is 13.2 Å². The number of hydrogen-bond acceptors (Lipinski definition) is 4. The molecule has 0 heterocycles. The summed E-state index contributed by atoms with van der Waals surface area (Å²) in [4.78, 5) is 0.247. The molecule has 0 saturated heterocycles. The maximum Gasteiger partial charge on any atom is 0.240 e. The zero-order valence-electron chi connectivity index (χ0n) is 12.2. The van der Waals surface area contributed by atoms with Gasteiger partial charge in [0, 0.05) is 19.7 Å². The molecule has 0 bridgehead atoms. The smallest absolute Gasteiger partial charge is 0.240 e. The quantitative estimate of drug-likeness (QED) is 0.678. The van der Waals surface area contributed by atoms with Gasteiger partial charge in [-0.25, -0.2) is 13.1 Å². The van der Waals surface area contributed by atoms with Gasteiger partial charge in [0.05, 0.1) is 11.5 Å². The molecule has 5 nitrogen and oxygen atoms in total. The van der Waals surface area contributed by atoms with Gasteiger partial charge in [-0.2, -0.15) is 0 Å². The topological polar surface area (TPSA) is 81.4 Å². The Morgan fingerprint density at radius 2 is 2.05 bits per heavy atom. The number of nitrogens with one attached hydrogen (secondary N) is 1. The second kappa shape index (κ2) is 8.36. The van der Waals surface area contributed by atoms with Crippen molar-refractivity contribution in [3.8, 4) is 0 Å². The lowest BCUT2D eigenvalue weighted by Crippen LogP contribution is -2.27.